The number of ketones is 1. The van der Waals surface area contributed by atoms with Gasteiger partial charge in [-0.1, -0.05) is 25.5 Å². The fourth-order valence-corrected chi connectivity index (χ4v) is 5.48. The molecule has 4 heteroatoms. The number of nitrogens with one attached hydrogen (secondary N) is 1. The molecule has 3 aliphatic rings. The molecule has 0 aliphatic heterocycles. The van der Waals surface area contributed by atoms with Crippen LogP contribution < -0.4 is 0 Å². The van der Waals surface area contributed by atoms with E-state index >= 15 is 0 Å². The van der Waals surface area contributed by atoms with Gasteiger partial charge in [0.15, 0.2) is 5.78 Å². The summed E-state index contributed by atoms with van der Waals surface area (Å²) in [5, 5.41) is 7.45. The number of Topliss-reactive ketones (excluding diaryl/α,β-unsaturated/α-hetero) is 1. The van der Waals surface area contributed by atoms with Crippen molar-refractivity contribution in [3.05, 3.63) is 63.7 Å². The van der Waals surface area contributed by atoms with Gasteiger partial charge in [0.25, 0.3) is 0 Å². The summed E-state index contributed by atoms with van der Waals surface area (Å²) in [6, 6.07) is 5.05. The summed E-state index contributed by atoms with van der Waals surface area (Å²) in [6.45, 7) is 4.34. The largest absolute Gasteiger partial charge is 0.294 e. The van der Waals surface area contributed by atoms with Crippen LogP contribution in [0.1, 0.15) is 55.5 Å². The Balaban J connectivity index is 1.82. The first-order valence-corrected chi connectivity index (χ1v) is 8.98. The minimum atomic E-state index is -0.438. The number of benzene rings is 1. The van der Waals surface area contributed by atoms with Crippen molar-refractivity contribution in [3.63, 3.8) is 0 Å². The van der Waals surface area contributed by atoms with E-state index in [1.54, 1.807) is 6.07 Å². The number of aryl methyl sites for hydroxylation is 1. The van der Waals surface area contributed by atoms with Gasteiger partial charge in [0.05, 0.1) is 11.6 Å². The fourth-order valence-electron chi connectivity index (χ4n) is 5.48. The zero-order valence-corrected chi connectivity index (χ0v) is 14.6. The predicted octanol–water partition coefficient (Wildman–Crippen LogP) is 4.02. The van der Waals surface area contributed by atoms with Gasteiger partial charge in [-0.05, 0) is 47.9 Å². The van der Waals surface area contributed by atoms with E-state index in [1.165, 1.54) is 11.6 Å². The highest BCUT2D eigenvalue weighted by atomic mass is 19.1. The van der Waals surface area contributed by atoms with Gasteiger partial charge in [-0.25, -0.2) is 4.39 Å². The Hall–Kier alpha value is -2.23. The van der Waals surface area contributed by atoms with Gasteiger partial charge < -0.3 is 0 Å². The molecule has 128 valence electrons. The third-order valence-electron chi connectivity index (χ3n) is 6.25. The Morgan fingerprint density at radius 3 is 2.88 bits per heavy atom. The van der Waals surface area contributed by atoms with Gasteiger partial charge in [0, 0.05) is 29.7 Å². The number of carbonyl (C=O) groups excluding carboxylic acids is 1. The molecule has 0 saturated carbocycles. The van der Waals surface area contributed by atoms with E-state index in [1.807, 2.05) is 12.3 Å². The van der Waals surface area contributed by atoms with Crippen LogP contribution in [0, 0.1) is 11.2 Å². The van der Waals surface area contributed by atoms with Gasteiger partial charge in [0.1, 0.15) is 5.82 Å². The molecule has 1 N–H and O–H groups in total. The number of aromatic nitrogens is 2. The minimum absolute atomic E-state index is 0.00113. The Morgan fingerprint density at radius 1 is 1.20 bits per heavy atom. The van der Waals surface area contributed by atoms with E-state index in [-0.39, 0.29) is 17.0 Å². The number of aromatic amines is 1. The van der Waals surface area contributed by atoms with Gasteiger partial charge in [0.2, 0.25) is 0 Å². The number of nitrogens with zero attached hydrogens (tertiary/aromatic N) is 1. The molecule has 1 aromatic carbocycles. The van der Waals surface area contributed by atoms with Crippen LogP contribution >= 0.6 is 0 Å². The first-order chi connectivity index (χ1) is 11.9. The Labute approximate surface area is 146 Å². The topological polar surface area (TPSA) is 45.8 Å². The third kappa shape index (κ3) is 1.91. The van der Waals surface area contributed by atoms with Crippen molar-refractivity contribution >= 4 is 5.78 Å². The van der Waals surface area contributed by atoms with Crippen LogP contribution in [0.3, 0.4) is 0 Å². The van der Waals surface area contributed by atoms with Crippen molar-refractivity contribution in [3.8, 4) is 0 Å². The number of rotatable bonds is 0. The zero-order valence-electron chi connectivity index (χ0n) is 14.6. The van der Waals surface area contributed by atoms with Crippen molar-refractivity contribution in [2.45, 2.75) is 51.4 Å². The molecule has 25 heavy (non-hydrogen) atoms. The first kappa shape index (κ1) is 15.1. The monoisotopic (exact) mass is 336 g/mol. The average Bonchev–Trinajstić information content (AvgIpc) is 3.11. The number of hydrogen-bond acceptors (Lipinski definition) is 2. The lowest BCUT2D eigenvalue weighted by Gasteiger charge is -2.43. The number of fused-ring (bicyclic) bond motifs is 5. The van der Waals surface area contributed by atoms with Gasteiger partial charge in [-0.3, -0.25) is 9.89 Å². The number of hydrogen-bond donors (Lipinski definition) is 1. The molecule has 0 radical (unpaired) electrons. The lowest BCUT2D eigenvalue weighted by molar-refractivity contribution is -0.118. The molecule has 2 aromatic rings. The Bertz CT molecular complexity index is 953. The Morgan fingerprint density at radius 2 is 2.04 bits per heavy atom. The highest BCUT2D eigenvalue weighted by molar-refractivity contribution is 6.02. The zero-order chi connectivity index (χ0) is 17.4. The van der Waals surface area contributed by atoms with Crippen molar-refractivity contribution in [2.75, 3.05) is 0 Å². The summed E-state index contributed by atoms with van der Waals surface area (Å²) < 4.78 is 13.8. The smallest absolute Gasteiger partial charge is 0.160 e. The van der Waals surface area contributed by atoms with Gasteiger partial charge >= 0.3 is 0 Å². The number of H-pyrrole nitrogens is 1. The summed E-state index contributed by atoms with van der Waals surface area (Å²) in [5.41, 5.74) is 6.13. The molecular weight excluding hydrogens is 315 g/mol. The predicted molar refractivity (Wildman–Crippen MR) is 92.8 cm³/mol. The molecule has 3 aliphatic carbocycles. The standard InChI is InChI=1S/C21H21FN2O/c1-20(2)9-13-8-17-16(11-23-24-17)21(19(13)18(25)10-20)6-5-12-7-14(22)3-4-15(12)21/h3-4,7,11H,5-6,8-10H2,1-2H3,(H,23,24)/t21-/m1/s1. The van der Waals surface area contributed by atoms with E-state index in [0.29, 0.717) is 6.42 Å². The van der Waals surface area contributed by atoms with E-state index < -0.39 is 5.41 Å². The molecule has 5 rings (SSSR count). The molecule has 1 spiro atoms. The average molecular weight is 336 g/mol. The molecule has 0 saturated heterocycles. The molecule has 0 bridgehead atoms. The maximum absolute atomic E-state index is 13.8. The second kappa shape index (κ2) is 4.69. The first-order valence-electron chi connectivity index (χ1n) is 8.98. The normalized spacial score (nSPS) is 26.6. The van der Waals surface area contributed by atoms with Crippen LogP contribution in [0.5, 0.6) is 0 Å². The van der Waals surface area contributed by atoms with Crippen LogP contribution in [0.2, 0.25) is 0 Å². The summed E-state index contributed by atoms with van der Waals surface area (Å²) in [6.07, 6.45) is 5.79. The van der Waals surface area contributed by atoms with E-state index in [9.17, 15) is 9.18 Å². The summed E-state index contributed by atoms with van der Waals surface area (Å²) in [5.74, 6) is 0.0552. The van der Waals surface area contributed by atoms with E-state index in [2.05, 4.69) is 24.0 Å². The van der Waals surface area contributed by atoms with Crippen molar-refractivity contribution in [1.29, 1.82) is 0 Å². The van der Waals surface area contributed by atoms with Crippen LogP contribution in [-0.2, 0) is 23.1 Å². The third-order valence-corrected chi connectivity index (χ3v) is 6.25. The minimum Gasteiger partial charge on any atom is -0.294 e. The number of halogens is 1. The van der Waals surface area contributed by atoms with Gasteiger partial charge in [-0.2, -0.15) is 5.10 Å². The van der Waals surface area contributed by atoms with Crippen molar-refractivity contribution < 1.29 is 9.18 Å². The fraction of sp³-hybridized carbons (Fsp3) is 0.429. The second-order valence-corrected chi connectivity index (χ2v) is 8.57. The van der Waals surface area contributed by atoms with Gasteiger partial charge in [-0.15, -0.1) is 0 Å². The maximum Gasteiger partial charge on any atom is 0.160 e. The quantitative estimate of drug-likeness (QED) is 0.790. The lowest BCUT2D eigenvalue weighted by Crippen LogP contribution is -2.41. The van der Waals surface area contributed by atoms with Crippen molar-refractivity contribution in [1.82, 2.24) is 10.2 Å². The molecule has 1 aromatic heterocycles. The molecule has 1 atom stereocenters. The van der Waals surface area contributed by atoms with Crippen molar-refractivity contribution in [2.24, 2.45) is 5.41 Å². The SMILES string of the molecule is CC1(C)CC(=O)C2=C(Cc3[nH]ncc3[C@]23CCc2cc(F)ccc23)C1. The molecule has 1 heterocycles. The van der Waals surface area contributed by atoms with Crippen LogP contribution in [0.4, 0.5) is 4.39 Å². The molecular formula is C21H21FN2O. The Kier molecular flexibility index (Phi) is 2.82. The summed E-state index contributed by atoms with van der Waals surface area (Å²) >= 11 is 0. The second-order valence-electron chi connectivity index (χ2n) is 8.57. The highest BCUT2D eigenvalue weighted by Gasteiger charge is 2.53. The molecule has 0 fully saturated rings. The van der Waals surface area contributed by atoms with E-state index in [4.69, 9.17) is 0 Å². The lowest BCUT2D eigenvalue weighted by atomic mass is 9.58. The molecule has 3 nitrogen and oxygen atoms in total. The highest BCUT2D eigenvalue weighted by Crippen LogP contribution is 2.57. The number of allylic oxidation sites excluding steroid dienone is 2. The van der Waals surface area contributed by atoms with E-state index in [0.717, 1.165) is 53.6 Å². The molecule has 0 unspecified atom stereocenters. The maximum atomic E-state index is 13.8. The van der Waals surface area contributed by atoms with Crippen LogP contribution in [0.15, 0.2) is 35.5 Å². The summed E-state index contributed by atoms with van der Waals surface area (Å²) in [4.78, 5) is 13.3. The molecule has 0 amide bonds. The van der Waals surface area contributed by atoms with Crippen LogP contribution in [-0.4, -0.2) is 16.0 Å². The summed E-state index contributed by atoms with van der Waals surface area (Å²) in [7, 11) is 0. The van der Waals surface area contributed by atoms with Crippen LogP contribution in [0.25, 0.3) is 0 Å². The number of carbonyl (C=O) groups is 1.